The van der Waals surface area contributed by atoms with Gasteiger partial charge in [0.1, 0.15) is 5.75 Å². The number of aromatic hydroxyl groups is 1. The molecule has 0 radical (unpaired) electrons. The molecule has 0 spiro atoms. The molecule has 0 amide bonds. The fourth-order valence-corrected chi connectivity index (χ4v) is 2.20. The van der Waals surface area contributed by atoms with Gasteiger partial charge in [-0.25, -0.2) is 0 Å². The minimum atomic E-state index is 0.122. The van der Waals surface area contributed by atoms with E-state index in [1.807, 2.05) is 13.0 Å². The molecule has 1 N–H and O–H groups in total. The van der Waals surface area contributed by atoms with E-state index in [1.165, 1.54) is 6.20 Å². The highest BCUT2D eigenvalue weighted by molar-refractivity contribution is 9.10. The van der Waals surface area contributed by atoms with E-state index in [-0.39, 0.29) is 5.75 Å². The highest BCUT2D eigenvalue weighted by atomic mass is 79.9. The number of aromatic nitrogens is 1. The molecule has 0 aliphatic carbocycles. The second-order valence-corrected chi connectivity index (χ2v) is 4.31. The maximum absolute atomic E-state index is 9.30. The minimum absolute atomic E-state index is 0.122. The van der Waals surface area contributed by atoms with Gasteiger partial charge in [-0.3, -0.25) is 4.98 Å². The molecule has 72 valence electrons. The molecule has 0 saturated heterocycles. The molecule has 0 aliphatic rings. The zero-order valence-electron chi connectivity index (χ0n) is 7.38. The van der Waals surface area contributed by atoms with Crippen molar-refractivity contribution in [3.63, 3.8) is 0 Å². The van der Waals surface area contributed by atoms with Crippen LogP contribution in [-0.4, -0.2) is 10.1 Å². The predicted octanol–water partition coefficient (Wildman–Crippen LogP) is 3.66. The number of pyridine rings is 1. The molecule has 2 aromatic rings. The van der Waals surface area contributed by atoms with Gasteiger partial charge >= 0.3 is 0 Å². The third-order valence-electron chi connectivity index (χ3n) is 2.03. The average molecular weight is 273 g/mol. The Bertz CT molecular complexity index is 513. The first-order valence-electron chi connectivity index (χ1n) is 4.03. The van der Waals surface area contributed by atoms with Crippen molar-refractivity contribution in [3.8, 4) is 5.75 Å². The Balaban J connectivity index is 2.95. The lowest BCUT2D eigenvalue weighted by Crippen LogP contribution is -1.84. The first-order valence-corrected chi connectivity index (χ1v) is 5.20. The first kappa shape index (κ1) is 9.74. The molecule has 14 heavy (non-hydrogen) atoms. The van der Waals surface area contributed by atoms with Gasteiger partial charge in [-0.15, -0.1) is 0 Å². The number of rotatable bonds is 0. The topological polar surface area (TPSA) is 33.1 Å². The number of fused-ring (bicyclic) bond motifs is 1. The van der Waals surface area contributed by atoms with Crippen LogP contribution in [0.15, 0.2) is 22.8 Å². The Morgan fingerprint density at radius 2 is 2.14 bits per heavy atom. The van der Waals surface area contributed by atoms with Gasteiger partial charge in [0.2, 0.25) is 0 Å². The van der Waals surface area contributed by atoms with Crippen LogP contribution in [0.2, 0.25) is 5.02 Å². The number of hydrogen-bond acceptors (Lipinski definition) is 2. The number of aryl methyl sites for hydroxylation is 1. The zero-order valence-corrected chi connectivity index (χ0v) is 9.72. The Labute approximate surface area is 94.7 Å². The number of nitrogens with zero attached hydrogens (tertiary/aromatic N) is 1. The van der Waals surface area contributed by atoms with Gasteiger partial charge in [0.25, 0.3) is 0 Å². The fraction of sp³-hybridized carbons (Fsp3) is 0.100. The summed E-state index contributed by atoms with van der Waals surface area (Å²) in [5, 5.41) is 10.7. The van der Waals surface area contributed by atoms with E-state index in [9.17, 15) is 5.11 Å². The van der Waals surface area contributed by atoms with Gasteiger partial charge in [0.15, 0.2) is 0 Å². The molecule has 0 atom stereocenters. The van der Waals surface area contributed by atoms with E-state index in [1.54, 1.807) is 6.07 Å². The molecular formula is C10H7BrClNO. The van der Waals surface area contributed by atoms with Crippen LogP contribution < -0.4 is 0 Å². The van der Waals surface area contributed by atoms with Crippen molar-refractivity contribution < 1.29 is 5.11 Å². The van der Waals surface area contributed by atoms with E-state index < -0.39 is 0 Å². The third kappa shape index (κ3) is 1.47. The largest absolute Gasteiger partial charge is 0.506 e. The van der Waals surface area contributed by atoms with Crippen LogP contribution >= 0.6 is 27.5 Å². The van der Waals surface area contributed by atoms with E-state index in [2.05, 4.69) is 20.9 Å². The lowest BCUT2D eigenvalue weighted by atomic mass is 10.1. The van der Waals surface area contributed by atoms with Crippen LogP contribution in [0.4, 0.5) is 0 Å². The summed E-state index contributed by atoms with van der Waals surface area (Å²) in [6, 6.07) is 3.52. The van der Waals surface area contributed by atoms with Gasteiger partial charge in [0.05, 0.1) is 16.7 Å². The van der Waals surface area contributed by atoms with Crippen LogP contribution in [0.25, 0.3) is 10.9 Å². The van der Waals surface area contributed by atoms with Crippen LogP contribution in [0, 0.1) is 6.92 Å². The first-order chi connectivity index (χ1) is 6.59. The van der Waals surface area contributed by atoms with Gasteiger partial charge in [-0.2, -0.15) is 0 Å². The monoisotopic (exact) mass is 271 g/mol. The molecule has 0 bridgehead atoms. The summed E-state index contributed by atoms with van der Waals surface area (Å²) in [6.07, 6.45) is 1.40. The normalized spacial score (nSPS) is 10.8. The van der Waals surface area contributed by atoms with Crippen molar-refractivity contribution in [2.24, 2.45) is 0 Å². The van der Waals surface area contributed by atoms with Crippen LogP contribution in [0.3, 0.4) is 0 Å². The smallest absolute Gasteiger partial charge is 0.134 e. The Hall–Kier alpha value is -0.800. The summed E-state index contributed by atoms with van der Waals surface area (Å²) in [4.78, 5) is 4.10. The van der Waals surface area contributed by atoms with Crippen molar-refractivity contribution in [2.45, 2.75) is 6.92 Å². The van der Waals surface area contributed by atoms with Gasteiger partial charge in [0, 0.05) is 9.86 Å². The third-order valence-corrected chi connectivity index (χ3v) is 3.13. The quantitative estimate of drug-likeness (QED) is 0.794. The second kappa shape index (κ2) is 3.41. The average Bonchev–Trinajstić information content (AvgIpc) is 2.14. The van der Waals surface area contributed by atoms with Crippen molar-refractivity contribution in [3.05, 3.63) is 33.4 Å². The highest BCUT2D eigenvalue weighted by Gasteiger charge is 2.08. The van der Waals surface area contributed by atoms with E-state index in [0.29, 0.717) is 5.02 Å². The lowest BCUT2D eigenvalue weighted by molar-refractivity contribution is 0.474. The molecule has 0 aliphatic heterocycles. The number of halogens is 2. The molecule has 2 nitrogen and oxygen atoms in total. The summed E-state index contributed by atoms with van der Waals surface area (Å²) in [5.41, 5.74) is 1.72. The van der Waals surface area contributed by atoms with E-state index >= 15 is 0 Å². The highest BCUT2D eigenvalue weighted by Crippen LogP contribution is 2.33. The predicted molar refractivity (Wildman–Crippen MR) is 60.9 cm³/mol. The fourth-order valence-electron chi connectivity index (χ4n) is 1.35. The van der Waals surface area contributed by atoms with Crippen LogP contribution in [-0.2, 0) is 0 Å². The van der Waals surface area contributed by atoms with Crippen LogP contribution in [0.5, 0.6) is 5.75 Å². The van der Waals surface area contributed by atoms with E-state index in [4.69, 9.17) is 11.6 Å². The minimum Gasteiger partial charge on any atom is -0.506 e. The Kier molecular flexibility index (Phi) is 2.37. The number of hydrogen-bond donors (Lipinski definition) is 1. The molecule has 4 heteroatoms. The van der Waals surface area contributed by atoms with Gasteiger partial charge in [-0.1, -0.05) is 11.6 Å². The molecular weight excluding hydrogens is 265 g/mol. The summed E-state index contributed by atoms with van der Waals surface area (Å²) in [5.74, 6) is 0.122. The lowest BCUT2D eigenvalue weighted by Gasteiger charge is -2.05. The summed E-state index contributed by atoms with van der Waals surface area (Å²) >= 11 is 9.50. The Morgan fingerprint density at radius 3 is 2.86 bits per heavy atom. The molecule has 1 aromatic carbocycles. The standard InChI is InChI=1S/C10H7BrClNO/c1-5-2-8(11)10-7(9(5)12)3-6(14)4-13-10/h2-4,14H,1H3. The maximum Gasteiger partial charge on any atom is 0.134 e. The molecule has 0 unspecified atom stereocenters. The zero-order chi connectivity index (χ0) is 10.3. The molecule has 1 aromatic heterocycles. The van der Waals surface area contributed by atoms with E-state index in [0.717, 1.165) is 20.9 Å². The van der Waals surface area contributed by atoms with Crippen LogP contribution in [0.1, 0.15) is 5.56 Å². The molecule has 1 heterocycles. The maximum atomic E-state index is 9.30. The van der Waals surface area contributed by atoms with Crippen molar-refractivity contribution >= 4 is 38.4 Å². The molecule has 2 rings (SSSR count). The Morgan fingerprint density at radius 1 is 1.43 bits per heavy atom. The van der Waals surface area contributed by atoms with Crippen molar-refractivity contribution in [1.82, 2.24) is 4.98 Å². The SMILES string of the molecule is Cc1cc(Br)c2ncc(O)cc2c1Cl. The summed E-state index contributed by atoms with van der Waals surface area (Å²) in [6.45, 7) is 1.91. The molecule has 0 fully saturated rings. The van der Waals surface area contributed by atoms with Crippen molar-refractivity contribution in [2.75, 3.05) is 0 Å². The second-order valence-electron chi connectivity index (χ2n) is 3.08. The number of benzene rings is 1. The van der Waals surface area contributed by atoms with Crippen molar-refractivity contribution in [1.29, 1.82) is 0 Å². The van der Waals surface area contributed by atoms with Gasteiger partial charge < -0.3 is 5.11 Å². The van der Waals surface area contributed by atoms with Gasteiger partial charge in [-0.05, 0) is 40.5 Å². The summed E-state index contributed by atoms with van der Waals surface area (Å²) < 4.78 is 0.884. The summed E-state index contributed by atoms with van der Waals surface area (Å²) in [7, 11) is 0. The molecule has 0 saturated carbocycles.